The van der Waals surface area contributed by atoms with E-state index in [2.05, 4.69) is 85.8 Å². The number of fused-ring (bicyclic) bond motifs is 2. The number of nitrogens with zero attached hydrogens (tertiary/aromatic N) is 8. The van der Waals surface area contributed by atoms with Crippen LogP contribution in [0.1, 0.15) is 44.7 Å². The van der Waals surface area contributed by atoms with Crippen LogP contribution in [0.3, 0.4) is 0 Å². The average molecular weight is 811 g/mol. The molecule has 0 radical (unpaired) electrons. The largest absolute Gasteiger partial charge is 0.443 e. The number of hydrogen-bond donors (Lipinski definition) is 2. The first kappa shape index (κ1) is 34.6. The third kappa shape index (κ3) is 9.05. The summed E-state index contributed by atoms with van der Waals surface area (Å²) in [6, 6.07) is 13.5. The number of hydrogen-bond acceptors (Lipinski definition) is 9. The summed E-state index contributed by atoms with van der Waals surface area (Å²) in [6.07, 6.45) is 12.6. The first-order valence-electron chi connectivity index (χ1n) is 15.7. The van der Waals surface area contributed by atoms with Crippen LogP contribution in [0.2, 0.25) is 5.15 Å². The molecule has 0 atom stereocenters. The van der Waals surface area contributed by atoms with Crippen LogP contribution in [0, 0.1) is 5.92 Å². The summed E-state index contributed by atoms with van der Waals surface area (Å²) < 4.78 is 10.7. The van der Waals surface area contributed by atoms with Crippen molar-refractivity contribution >= 4 is 78.0 Å². The van der Waals surface area contributed by atoms with Gasteiger partial charge in [0, 0.05) is 55.7 Å². The van der Waals surface area contributed by atoms with Crippen molar-refractivity contribution in [3.8, 4) is 0 Å². The van der Waals surface area contributed by atoms with Crippen LogP contribution in [-0.2, 0) is 17.8 Å². The maximum Gasteiger partial charge on any atom is 0.416 e. The van der Waals surface area contributed by atoms with Crippen LogP contribution in [0.25, 0.3) is 11.2 Å². The van der Waals surface area contributed by atoms with Gasteiger partial charge in [-0.15, -0.1) is 0 Å². The third-order valence-electron chi connectivity index (χ3n) is 7.39. The summed E-state index contributed by atoms with van der Waals surface area (Å²) in [6.45, 7) is 7.44. The molecule has 1 fully saturated rings. The maximum atomic E-state index is 12.9. The normalized spacial score (nSPS) is 12.8. The fourth-order valence-corrected chi connectivity index (χ4v) is 5.78. The van der Waals surface area contributed by atoms with Crippen molar-refractivity contribution in [3.63, 3.8) is 0 Å². The predicted molar refractivity (Wildman–Crippen MR) is 198 cm³/mol. The van der Waals surface area contributed by atoms with Crippen molar-refractivity contribution in [3.05, 3.63) is 105 Å². The van der Waals surface area contributed by atoms with Gasteiger partial charge in [0.1, 0.15) is 22.4 Å². The van der Waals surface area contributed by atoms with Crippen LogP contribution < -0.4 is 15.5 Å². The zero-order chi connectivity index (χ0) is 34.5. The smallest absolute Gasteiger partial charge is 0.416 e. The van der Waals surface area contributed by atoms with E-state index in [0.29, 0.717) is 22.5 Å². The van der Waals surface area contributed by atoms with Crippen molar-refractivity contribution in [1.29, 1.82) is 0 Å². The lowest BCUT2D eigenvalue weighted by Crippen LogP contribution is -2.37. The standard InChI is InChI=1S/C17H17BrClN5O2.C17H18BrN5/c1-17(2,3)26-16(25)23(10-11-5-4-6-20-8-11)14-7-13(19)22-15-12(18)9-21-24(14)15;18-15-11-22-23-16(15)6-14(20-9-12-3-4-12)7-17(23)21-10-13-2-1-5-19-8-13/h4-9H,10H2,1-3H3;1-2,5-8,11-12,20-21H,3-4,9-10H2. The molecule has 1 aliphatic carbocycles. The van der Waals surface area contributed by atoms with Crippen molar-refractivity contribution in [2.45, 2.75) is 52.3 Å². The first-order chi connectivity index (χ1) is 23.5. The highest BCUT2D eigenvalue weighted by Gasteiger charge is 2.27. The Bertz CT molecular complexity index is 2050. The average Bonchev–Trinajstić information content (AvgIpc) is 3.74. The number of amides is 1. The van der Waals surface area contributed by atoms with E-state index in [1.165, 1.54) is 22.3 Å². The van der Waals surface area contributed by atoms with E-state index < -0.39 is 11.7 Å². The van der Waals surface area contributed by atoms with Crippen LogP contribution in [0.15, 0.2) is 88.6 Å². The SMILES string of the molecule is Brc1cnn2c(NCc3cccnc3)cc(NCC3CC3)cc12.CC(C)(C)OC(=O)N(Cc1cccnc1)c1cc(Cl)nc2c(Br)cnn12. The molecule has 49 heavy (non-hydrogen) atoms. The minimum atomic E-state index is -0.648. The molecule has 12 nitrogen and oxygen atoms in total. The van der Waals surface area contributed by atoms with Gasteiger partial charge in [0.2, 0.25) is 0 Å². The number of anilines is 3. The van der Waals surface area contributed by atoms with Gasteiger partial charge in [-0.3, -0.25) is 14.9 Å². The topological polar surface area (TPSA) is 127 Å². The number of carbonyl (C=O) groups is 1. The summed E-state index contributed by atoms with van der Waals surface area (Å²) in [4.78, 5) is 26.9. The molecule has 15 heteroatoms. The highest BCUT2D eigenvalue weighted by atomic mass is 79.9. The van der Waals surface area contributed by atoms with Crippen LogP contribution in [0.4, 0.5) is 22.1 Å². The molecule has 6 heterocycles. The van der Waals surface area contributed by atoms with Crippen molar-refractivity contribution in [1.82, 2.24) is 34.2 Å². The summed E-state index contributed by atoms with van der Waals surface area (Å²) in [7, 11) is 0. The van der Waals surface area contributed by atoms with Gasteiger partial charge in [-0.25, -0.2) is 14.3 Å². The molecule has 254 valence electrons. The Morgan fingerprint density at radius 2 is 1.65 bits per heavy atom. The summed E-state index contributed by atoms with van der Waals surface area (Å²) in [5, 5.41) is 16.0. The Kier molecular flexibility index (Phi) is 10.7. The van der Waals surface area contributed by atoms with Gasteiger partial charge in [0.25, 0.3) is 0 Å². The van der Waals surface area contributed by atoms with E-state index in [0.717, 1.165) is 45.1 Å². The first-order valence-corrected chi connectivity index (χ1v) is 17.6. The van der Waals surface area contributed by atoms with Crippen LogP contribution in [0.5, 0.6) is 0 Å². The quantitative estimate of drug-likeness (QED) is 0.139. The van der Waals surface area contributed by atoms with Gasteiger partial charge in [-0.2, -0.15) is 14.7 Å². The second kappa shape index (κ2) is 15.1. The zero-order valence-electron chi connectivity index (χ0n) is 27.1. The van der Waals surface area contributed by atoms with Gasteiger partial charge < -0.3 is 15.4 Å². The van der Waals surface area contributed by atoms with E-state index >= 15 is 0 Å². The number of pyridine rings is 3. The molecular formula is C34H35Br2ClN10O2. The minimum Gasteiger partial charge on any atom is -0.443 e. The van der Waals surface area contributed by atoms with Crippen LogP contribution >= 0.6 is 43.5 Å². The Morgan fingerprint density at radius 3 is 2.33 bits per heavy atom. The number of aromatic nitrogens is 7. The summed E-state index contributed by atoms with van der Waals surface area (Å²) in [5.74, 6) is 2.26. The Morgan fingerprint density at radius 1 is 0.959 bits per heavy atom. The molecule has 0 bridgehead atoms. The molecule has 0 saturated heterocycles. The molecule has 1 amide bonds. The van der Waals surface area contributed by atoms with Crippen molar-refractivity contribution in [2.75, 3.05) is 22.1 Å². The highest BCUT2D eigenvalue weighted by molar-refractivity contribution is 9.11. The molecule has 6 aromatic rings. The predicted octanol–water partition coefficient (Wildman–Crippen LogP) is 8.41. The molecule has 0 aromatic carbocycles. The Balaban J connectivity index is 0.000000171. The third-order valence-corrected chi connectivity index (χ3v) is 8.76. The Hall–Kier alpha value is -4.27. The van der Waals surface area contributed by atoms with Gasteiger partial charge in [-0.1, -0.05) is 23.7 Å². The van der Waals surface area contributed by atoms with E-state index in [9.17, 15) is 4.79 Å². The number of carbonyl (C=O) groups excluding carboxylic acids is 1. The molecule has 7 rings (SSSR count). The number of rotatable bonds is 9. The van der Waals surface area contributed by atoms with E-state index in [4.69, 9.17) is 16.3 Å². The summed E-state index contributed by atoms with van der Waals surface area (Å²) in [5.41, 5.74) is 4.02. The lowest BCUT2D eigenvalue weighted by atomic mass is 10.2. The fraction of sp³-hybridized carbons (Fsp3) is 0.294. The fourth-order valence-electron chi connectivity index (χ4n) is 4.88. The molecule has 0 aliphatic heterocycles. The zero-order valence-corrected chi connectivity index (χ0v) is 31.1. The van der Waals surface area contributed by atoms with Gasteiger partial charge in [0.05, 0.1) is 33.4 Å². The second-order valence-electron chi connectivity index (χ2n) is 12.6. The van der Waals surface area contributed by atoms with Crippen molar-refractivity contribution in [2.24, 2.45) is 5.92 Å². The van der Waals surface area contributed by atoms with Gasteiger partial charge >= 0.3 is 6.09 Å². The van der Waals surface area contributed by atoms with E-state index in [-0.39, 0.29) is 11.7 Å². The highest BCUT2D eigenvalue weighted by Crippen LogP contribution is 2.31. The molecule has 0 unspecified atom stereocenters. The molecule has 1 aliphatic rings. The summed E-state index contributed by atoms with van der Waals surface area (Å²) >= 11 is 13.1. The minimum absolute atomic E-state index is 0.244. The maximum absolute atomic E-state index is 12.9. The molecule has 1 saturated carbocycles. The van der Waals surface area contributed by atoms with E-state index in [1.54, 1.807) is 30.9 Å². The number of halogens is 3. The monoisotopic (exact) mass is 808 g/mol. The molecule has 2 N–H and O–H groups in total. The lowest BCUT2D eigenvalue weighted by Gasteiger charge is -2.27. The van der Waals surface area contributed by atoms with Crippen molar-refractivity contribution < 1.29 is 9.53 Å². The number of ether oxygens (including phenoxy) is 1. The molecular weight excluding hydrogens is 776 g/mol. The lowest BCUT2D eigenvalue weighted by molar-refractivity contribution is 0.0575. The van der Waals surface area contributed by atoms with E-state index in [1.807, 2.05) is 55.9 Å². The second-order valence-corrected chi connectivity index (χ2v) is 14.6. The van der Waals surface area contributed by atoms with Crippen LogP contribution in [-0.4, -0.2) is 52.4 Å². The van der Waals surface area contributed by atoms with Gasteiger partial charge in [0.15, 0.2) is 5.65 Å². The Labute approximate surface area is 305 Å². The molecule has 6 aromatic heterocycles. The number of nitrogens with one attached hydrogen (secondary N) is 2. The molecule has 0 spiro atoms. The van der Waals surface area contributed by atoms with Gasteiger partial charge in [-0.05, 0) is 101 Å².